The number of hydrogen-bond acceptors (Lipinski definition) is 3. The molecule has 0 aromatic heterocycles. The first-order valence-electron chi connectivity index (χ1n) is 7.73. The molecule has 2 N–H and O–H groups in total. The Bertz CT molecular complexity index is 493. The highest BCUT2D eigenvalue weighted by Crippen LogP contribution is 2.27. The fourth-order valence-electron chi connectivity index (χ4n) is 2.72. The second-order valence-electron chi connectivity index (χ2n) is 5.97. The lowest BCUT2D eigenvalue weighted by molar-refractivity contribution is -0.128. The van der Waals surface area contributed by atoms with E-state index in [9.17, 15) is 9.90 Å². The van der Waals surface area contributed by atoms with Crippen LogP contribution >= 0.6 is 0 Å². The molecule has 1 saturated carbocycles. The van der Waals surface area contributed by atoms with Gasteiger partial charge in [-0.2, -0.15) is 0 Å². The maximum Gasteiger partial charge on any atom is 0.260 e. The van der Waals surface area contributed by atoms with Crippen molar-refractivity contribution in [3.8, 4) is 5.75 Å². The SMILES string of the molecule is Cc1ccc([C@@H](C)O)c(OC(C)C(=O)NC2CCCC2)c1. The normalized spacial score (nSPS) is 18.3. The second-order valence-corrected chi connectivity index (χ2v) is 5.97. The molecule has 21 heavy (non-hydrogen) atoms. The van der Waals surface area contributed by atoms with Crippen LogP contribution in [0.4, 0.5) is 0 Å². The number of ether oxygens (including phenoxy) is 1. The minimum atomic E-state index is -0.620. The molecule has 0 aliphatic heterocycles. The lowest BCUT2D eigenvalue weighted by atomic mass is 10.1. The van der Waals surface area contributed by atoms with Crippen LogP contribution in [0, 0.1) is 6.92 Å². The molecule has 1 aromatic rings. The van der Waals surface area contributed by atoms with Gasteiger partial charge in [-0.1, -0.05) is 25.0 Å². The van der Waals surface area contributed by atoms with Crippen molar-refractivity contribution < 1.29 is 14.6 Å². The number of benzene rings is 1. The summed E-state index contributed by atoms with van der Waals surface area (Å²) in [5.41, 5.74) is 1.75. The molecular weight excluding hydrogens is 266 g/mol. The molecule has 1 unspecified atom stereocenters. The Morgan fingerprint density at radius 3 is 2.62 bits per heavy atom. The summed E-state index contributed by atoms with van der Waals surface area (Å²) in [6.07, 6.45) is 3.30. The maximum atomic E-state index is 12.2. The van der Waals surface area contributed by atoms with Crippen molar-refractivity contribution in [3.05, 3.63) is 29.3 Å². The number of rotatable bonds is 5. The Morgan fingerprint density at radius 2 is 2.00 bits per heavy atom. The maximum absolute atomic E-state index is 12.2. The first-order chi connectivity index (χ1) is 9.97. The summed E-state index contributed by atoms with van der Waals surface area (Å²) in [4.78, 5) is 12.2. The van der Waals surface area contributed by atoms with Crippen molar-refractivity contribution in [1.29, 1.82) is 0 Å². The van der Waals surface area contributed by atoms with Crippen LogP contribution in [-0.2, 0) is 4.79 Å². The van der Waals surface area contributed by atoms with Gasteiger partial charge in [-0.05, 0) is 45.2 Å². The molecule has 4 heteroatoms. The smallest absolute Gasteiger partial charge is 0.260 e. The number of carbonyl (C=O) groups is 1. The molecule has 1 amide bonds. The van der Waals surface area contributed by atoms with Crippen LogP contribution in [0.3, 0.4) is 0 Å². The lowest BCUT2D eigenvalue weighted by Crippen LogP contribution is -2.41. The Hall–Kier alpha value is -1.55. The van der Waals surface area contributed by atoms with E-state index in [4.69, 9.17) is 4.74 Å². The van der Waals surface area contributed by atoms with Crippen LogP contribution in [0.5, 0.6) is 5.75 Å². The molecule has 0 radical (unpaired) electrons. The molecule has 116 valence electrons. The molecule has 0 saturated heterocycles. The van der Waals surface area contributed by atoms with Gasteiger partial charge in [-0.15, -0.1) is 0 Å². The van der Waals surface area contributed by atoms with Gasteiger partial charge in [-0.25, -0.2) is 0 Å². The molecule has 1 aromatic carbocycles. The third kappa shape index (κ3) is 4.21. The Kier molecular flexibility index (Phi) is 5.23. The largest absolute Gasteiger partial charge is 0.481 e. The highest BCUT2D eigenvalue weighted by atomic mass is 16.5. The van der Waals surface area contributed by atoms with Crippen molar-refractivity contribution in [2.24, 2.45) is 0 Å². The van der Waals surface area contributed by atoms with Gasteiger partial charge in [0.1, 0.15) is 5.75 Å². The van der Waals surface area contributed by atoms with Gasteiger partial charge in [0, 0.05) is 11.6 Å². The van der Waals surface area contributed by atoms with Gasteiger partial charge in [0.05, 0.1) is 6.10 Å². The standard InChI is InChI=1S/C17H25NO3/c1-11-8-9-15(12(2)19)16(10-11)21-13(3)17(20)18-14-6-4-5-7-14/h8-10,12-14,19H,4-7H2,1-3H3,(H,18,20)/t12-,13?/m1/s1. The molecule has 0 spiro atoms. The van der Waals surface area contributed by atoms with Crippen LogP contribution in [0.1, 0.15) is 56.8 Å². The second kappa shape index (κ2) is 6.94. The van der Waals surface area contributed by atoms with Crippen molar-refractivity contribution >= 4 is 5.91 Å². The monoisotopic (exact) mass is 291 g/mol. The highest BCUT2D eigenvalue weighted by Gasteiger charge is 2.22. The molecule has 4 nitrogen and oxygen atoms in total. The summed E-state index contributed by atoms with van der Waals surface area (Å²) in [5, 5.41) is 12.8. The minimum absolute atomic E-state index is 0.0834. The summed E-state index contributed by atoms with van der Waals surface area (Å²) in [6, 6.07) is 5.92. The van der Waals surface area contributed by atoms with Crippen LogP contribution in [0.2, 0.25) is 0 Å². The van der Waals surface area contributed by atoms with Crippen LogP contribution in [-0.4, -0.2) is 23.2 Å². The third-order valence-electron chi connectivity index (χ3n) is 3.99. The van der Waals surface area contributed by atoms with Gasteiger partial charge in [0.15, 0.2) is 6.10 Å². The van der Waals surface area contributed by atoms with E-state index in [0.717, 1.165) is 18.4 Å². The lowest BCUT2D eigenvalue weighted by Gasteiger charge is -2.20. The van der Waals surface area contributed by atoms with Gasteiger partial charge in [0.2, 0.25) is 0 Å². The van der Waals surface area contributed by atoms with Crippen LogP contribution < -0.4 is 10.1 Å². The average Bonchev–Trinajstić information content (AvgIpc) is 2.91. The summed E-state index contributed by atoms with van der Waals surface area (Å²) < 4.78 is 5.79. The van der Waals surface area contributed by atoms with E-state index < -0.39 is 12.2 Å². The van der Waals surface area contributed by atoms with Crippen LogP contribution in [0.15, 0.2) is 18.2 Å². The van der Waals surface area contributed by atoms with Gasteiger partial charge in [0.25, 0.3) is 5.91 Å². The van der Waals surface area contributed by atoms with Gasteiger partial charge >= 0.3 is 0 Å². The number of carbonyl (C=O) groups excluding carboxylic acids is 1. The molecule has 1 fully saturated rings. The molecule has 2 rings (SSSR count). The number of hydrogen-bond donors (Lipinski definition) is 2. The van der Waals surface area contributed by atoms with Crippen molar-refractivity contribution in [2.75, 3.05) is 0 Å². The predicted molar refractivity (Wildman–Crippen MR) is 82.3 cm³/mol. The third-order valence-corrected chi connectivity index (χ3v) is 3.99. The topological polar surface area (TPSA) is 58.6 Å². The number of aliphatic hydroxyl groups excluding tert-OH is 1. The fraction of sp³-hybridized carbons (Fsp3) is 0.588. The Balaban J connectivity index is 2.02. The highest BCUT2D eigenvalue weighted by molar-refractivity contribution is 5.81. The molecule has 2 atom stereocenters. The van der Waals surface area contributed by atoms with E-state index in [0.29, 0.717) is 11.3 Å². The summed E-state index contributed by atoms with van der Waals surface area (Å²) >= 11 is 0. The number of aryl methyl sites for hydroxylation is 1. The first-order valence-corrected chi connectivity index (χ1v) is 7.73. The zero-order valence-corrected chi connectivity index (χ0v) is 13.1. The Morgan fingerprint density at radius 1 is 1.33 bits per heavy atom. The fourth-order valence-corrected chi connectivity index (χ4v) is 2.72. The Labute approximate surface area is 126 Å². The predicted octanol–water partition coefficient (Wildman–Crippen LogP) is 2.87. The van der Waals surface area contributed by atoms with E-state index in [2.05, 4.69) is 5.32 Å². The first kappa shape index (κ1) is 15.8. The zero-order chi connectivity index (χ0) is 15.4. The van der Waals surface area contributed by atoms with E-state index in [1.54, 1.807) is 13.8 Å². The van der Waals surface area contributed by atoms with E-state index >= 15 is 0 Å². The minimum Gasteiger partial charge on any atom is -0.481 e. The zero-order valence-electron chi connectivity index (χ0n) is 13.1. The molecule has 1 aliphatic rings. The molecule has 0 heterocycles. The van der Waals surface area contributed by atoms with E-state index in [1.807, 2.05) is 25.1 Å². The number of nitrogens with one attached hydrogen (secondary N) is 1. The summed E-state index contributed by atoms with van der Waals surface area (Å²) in [6.45, 7) is 5.40. The van der Waals surface area contributed by atoms with Gasteiger partial charge < -0.3 is 15.2 Å². The van der Waals surface area contributed by atoms with Crippen LogP contribution in [0.25, 0.3) is 0 Å². The molecular formula is C17H25NO3. The number of amides is 1. The number of aliphatic hydroxyl groups is 1. The summed E-state index contributed by atoms with van der Waals surface area (Å²) in [7, 11) is 0. The van der Waals surface area contributed by atoms with Gasteiger partial charge in [-0.3, -0.25) is 4.79 Å². The molecule has 0 bridgehead atoms. The van der Waals surface area contributed by atoms with E-state index in [-0.39, 0.29) is 11.9 Å². The van der Waals surface area contributed by atoms with Crippen molar-refractivity contribution in [3.63, 3.8) is 0 Å². The molecule has 1 aliphatic carbocycles. The summed E-state index contributed by atoms with van der Waals surface area (Å²) in [5.74, 6) is 0.499. The van der Waals surface area contributed by atoms with Crippen molar-refractivity contribution in [1.82, 2.24) is 5.32 Å². The quantitative estimate of drug-likeness (QED) is 0.877. The van der Waals surface area contributed by atoms with E-state index in [1.165, 1.54) is 12.8 Å². The van der Waals surface area contributed by atoms with Crippen molar-refractivity contribution in [2.45, 2.75) is 64.7 Å². The average molecular weight is 291 g/mol.